The van der Waals surface area contributed by atoms with Gasteiger partial charge < -0.3 is 54.7 Å². The number of amides is 2. The molecule has 0 radical (unpaired) electrons. The molecule has 11 rings (SSSR count). The Labute approximate surface area is 455 Å². The summed E-state index contributed by atoms with van der Waals surface area (Å²) in [6.07, 6.45) is 6.18. The molecule has 2 amide bonds. The van der Waals surface area contributed by atoms with Crippen LogP contribution in [0, 0.1) is 24.7 Å². The Morgan fingerprint density at radius 1 is 0.897 bits per heavy atom. The fourth-order valence-corrected chi connectivity index (χ4v) is 11.9. The zero-order valence-corrected chi connectivity index (χ0v) is 44.5. The van der Waals surface area contributed by atoms with Gasteiger partial charge in [-0.2, -0.15) is 0 Å². The number of para-hydroxylation sites is 1. The first-order valence-corrected chi connectivity index (χ1v) is 27.3. The van der Waals surface area contributed by atoms with Crippen LogP contribution in [0.3, 0.4) is 0 Å². The first-order chi connectivity index (χ1) is 37.8. The fraction of sp³-hybridized carbons (Fsp3) is 0.379. The predicted molar refractivity (Wildman–Crippen MR) is 293 cm³/mol. The molecule has 0 spiro atoms. The summed E-state index contributed by atoms with van der Waals surface area (Å²) >= 11 is 1.58. The number of carbonyl (C=O) groups is 2. The lowest BCUT2D eigenvalue weighted by molar-refractivity contribution is -0.141. The van der Waals surface area contributed by atoms with Crippen molar-refractivity contribution in [3.63, 3.8) is 0 Å². The summed E-state index contributed by atoms with van der Waals surface area (Å²) in [4.78, 5) is 48.6. The number of nitrogens with zero attached hydrogens (tertiary/aromatic N) is 9. The Kier molecular flexibility index (Phi) is 14.9. The number of phenolic OH excluding ortho intramolecular Hbond substituents is 1. The Hall–Kier alpha value is -8.28. The number of hydrogen-bond acceptors (Lipinski definition) is 18. The Balaban J connectivity index is 0.627. The standard InChI is InChI=1S/C58H61N11O8S/c1-33(2)54(58(73)68-31-42(70)23-49(68)57(72)63-34(3)36-11-13-37(14-12-36)55-35(4)62-32-78-55)51-27-53(66-77-51)74-21-7-8-38-15-18-43(28-61-38)75-44-24-45(25-44)76-52-22-39(19-20-60-52)69-40-16-17-41(69)30-67(29-40)48-26-47(64-65-56(48)59)46-9-5-6-10-50(46)71/h5-6,9-15,18-20,22,26-28,32-34,40-42,44-45,49,54,70-71H,16-17,21,23-25,29-31H2,1-4H3,(H2,59,65)(H,63,72). The van der Waals surface area contributed by atoms with Gasteiger partial charge in [-0.05, 0) is 91.2 Å². The van der Waals surface area contributed by atoms with Crippen molar-refractivity contribution in [2.45, 2.75) is 108 Å². The number of fused-ring (bicyclic) bond motifs is 2. The van der Waals surface area contributed by atoms with E-state index in [1.165, 1.54) is 4.90 Å². The average molecular weight is 1070 g/mol. The van der Waals surface area contributed by atoms with E-state index in [0.29, 0.717) is 53.0 Å². The number of aryl methyl sites for hydroxylation is 1. The number of nitrogens with two attached hydrogens (primary N) is 1. The third-order valence-electron chi connectivity index (χ3n) is 15.1. The third kappa shape index (κ3) is 11.1. The van der Waals surface area contributed by atoms with Crippen molar-refractivity contribution in [3.05, 3.63) is 126 Å². The molecule has 6 atom stereocenters. The van der Waals surface area contributed by atoms with Crippen LogP contribution in [0.4, 0.5) is 17.2 Å². The number of phenols is 1. The van der Waals surface area contributed by atoms with Crippen LogP contribution >= 0.6 is 11.3 Å². The van der Waals surface area contributed by atoms with Crippen molar-refractivity contribution in [2.75, 3.05) is 41.8 Å². The highest BCUT2D eigenvalue weighted by Gasteiger charge is 2.44. The summed E-state index contributed by atoms with van der Waals surface area (Å²) < 4.78 is 24.0. The Bertz CT molecular complexity index is 3320. The van der Waals surface area contributed by atoms with Crippen LogP contribution in [0.25, 0.3) is 21.7 Å². The molecule has 6 unspecified atom stereocenters. The van der Waals surface area contributed by atoms with Crippen LogP contribution in [0.2, 0.25) is 0 Å². The van der Waals surface area contributed by atoms with Crippen molar-refractivity contribution in [3.8, 4) is 56.8 Å². The smallest absolute Gasteiger partial charge is 0.255 e. The van der Waals surface area contributed by atoms with Gasteiger partial charge in [0.15, 0.2) is 18.2 Å². The molecular weight excluding hydrogens is 1010 g/mol. The molecule has 1 aliphatic carbocycles. The zero-order valence-electron chi connectivity index (χ0n) is 43.7. The second kappa shape index (κ2) is 22.4. The maximum absolute atomic E-state index is 14.2. The fourth-order valence-electron chi connectivity index (χ4n) is 11.0. The molecule has 4 fully saturated rings. The number of nitrogens with one attached hydrogen (secondary N) is 1. The van der Waals surface area contributed by atoms with E-state index in [2.05, 4.69) is 57.3 Å². The van der Waals surface area contributed by atoms with E-state index in [1.807, 2.05) is 100 Å². The van der Waals surface area contributed by atoms with Gasteiger partial charge in [-0.1, -0.05) is 56.2 Å². The molecule has 78 heavy (non-hydrogen) atoms. The summed E-state index contributed by atoms with van der Waals surface area (Å²) in [6, 6.07) is 25.6. The van der Waals surface area contributed by atoms with E-state index in [-0.39, 0.29) is 79.3 Å². The van der Waals surface area contributed by atoms with Gasteiger partial charge in [-0.3, -0.25) is 9.59 Å². The minimum absolute atomic E-state index is 0.0129. The first kappa shape index (κ1) is 51.8. The van der Waals surface area contributed by atoms with E-state index in [1.54, 1.807) is 41.8 Å². The van der Waals surface area contributed by atoms with Crippen molar-refractivity contribution in [2.24, 2.45) is 5.92 Å². The number of pyridine rings is 2. The summed E-state index contributed by atoms with van der Waals surface area (Å²) in [5, 5.41) is 36.8. The van der Waals surface area contributed by atoms with Crippen LogP contribution in [0.15, 0.2) is 107 Å². The largest absolute Gasteiger partial charge is 0.507 e. The van der Waals surface area contributed by atoms with E-state index in [4.69, 9.17) is 24.5 Å². The molecule has 3 aliphatic heterocycles. The van der Waals surface area contributed by atoms with Crippen molar-refractivity contribution >= 4 is 40.3 Å². The molecule has 3 saturated heterocycles. The third-order valence-corrected chi connectivity index (χ3v) is 16.1. The highest BCUT2D eigenvalue weighted by atomic mass is 32.1. The molecule has 2 bridgehead atoms. The maximum atomic E-state index is 14.2. The normalized spacial score (nSPS) is 21.3. The Morgan fingerprint density at radius 2 is 1.68 bits per heavy atom. The highest BCUT2D eigenvalue weighted by Crippen LogP contribution is 2.41. The van der Waals surface area contributed by atoms with Gasteiger partial charge in [-0.15, -0.1) is 21.5 Å². The number of benzene rings is 2. The molecule has 7 aromatic rings. The first-order valence-electron chi connectivity index (χ1n) is 26.4. The number of thiazole rings is 1. The monoisotopic (exact) mass is 1070 g/mol. The molecule has 2 aromatic carbocycles. The number of hydrogen-bond donors (Lipinski definition) is 4. The van der Waals surface area contributed by atoms with Crippen LogP contribution < -0.4 is 35.1 Å². The van der Waals surface area contributed by atoms with Gasteiger partial charge in [0.1, 0.15) is 41.4 Å². The van der Waals surface area contributed by atoms with Gasteiger partial charge in [0.25, 0.3) is 5.88 Å². The number of β-amino-alcohol motifs (C(OH)–C–C–N with tert-alkyl or cyclic N) is 1. The minimum Gasteiger partial charge on any atom is -0.507 e. The predicted octanol–water partition coefficient (Wildman–Crippen LogP) is 7.50. The maximum Gasteiger partial charge on any atom is 0.255 e. The number of aliphatic hydroxyl groups is 1. The van der Waals surface area contributed by atoms with E-state index in [9.17, 15) is 19.8 Å². The number of nitrogen functional groups attached to an aromatic ring is 1. The number of carbonyl (C=O) groups excluding carboxylic acids is 2. The molecule has 5 aromatic heterocycles. The number of ether oxygens (including phenoxy) is 3. The van der Waals surface area contributed by atoms with Crippen LogP contribution in [-0.2, 0) is 9.59 Å². The highest BCUT2D eigenvalue weighted by molar-refractivity contribution is 7.13. The van der Waals surface area contributed by atoms with Crippen molar-refractivity contribution in [1.29, 1.82) is 0 Å². The topological polar surface area (TPSA) is 241 Å². The summed E-state index contributed by atoms with van der Waals surface area (Å²) in [7, 11) is 0. The van der Waals surface area contributed by atoms with Crippen LogP contribution in [0.1, 0.15) is 87.5 Å². The molecule has 402 valence electrons. The lowest BCUT2D eigenvalue weighted by Gasteiger charge is -2.43. The summed E-state index contributed by atoms with van der Waals surface area (Å²) in [5.74, 6) is 6.46. The zero-order chi connectivity index (χ0) is 54.0. The van der Waals surface area contributed by atoms with Crippen LogP contribution in [-0.4, -0.2) is 120 Å². The lowest BCUT2D eigenvalue weighted by Crippen LogP contribution is -2.54. The molecule has 1 saturated carbocycles. The number of rotatable bonds is 16. The molecule has 5 N–H and O–H groups in total. The van der Waals surface area contributed by atoms with Gasteiger partial charge in [0.2, 0.25) is 17.7 Å². The molecule has 8 heterocycles. The van der Waals surface area contributed by atoms with Gasteiger partial charge in [-0.25, -0.2) is 15.0 Å². The van der Waals surface area contributed by atoms with Crippen molar-refractivity contribution < 1.29 is 38.5 Å². The van der Waals surface area contributed by atoms with Crippen molar-refractivity contribution in [1.82, 2.24) is 40.5 Å². The SMILES string of the molecule is Cc1ncsc1-c1ccc(C(C)NC(=O)C2CC(O)CN2C(=O)C(c2cc(OCC#Cc3ccc(OC4CC(Oc5cc(N6C7CCC6CN(c6cc(-c8ccccc8O)nnc6N)C7)ccn5)C4)cn3)no2)C(C)C)cc1. The second-order valence-electron chi connectivity index (χ2n) is 20.8. The number of aliphatic hydroxyl groups excluding tert-OH is 1. The van der Waals surface area contributed by atoms with E-state index < -0.39 is 18.1 Å². The van der Waals surface area contributed by atoms with E-state index >= 15 is 0 Å². The molecular formula is C58H61N11O8S. The number of anilines is 3. The quantitative estimate of drug-likeness (QED) is 0.0685. The molecule has 4 aliphatic rings. The van der Waals surface area contributed by atoms with E-state index in [0.717, 1.165) is 59.0 Å². The summed E-state index contributed by atoms with van der Waals surface area (Å²) in [6.45, 7) is 9.20. The van der Waals surface area contributed by atoms with Gasteiger partial charge >= 0.3 is 0 Å². The second-order valence-corrected chi connectivity index (χ2v) is 21.6. The number of likely N-dealkylation sites (tertiary alicyclic amines) is 1. The van der Waals surface area contributed by atoms with Gasteiger partial charge in [0, 0.05) is 80.6 Å². The van der Waals surface area contributed by atoms with Gasteiger partial charge in [0.05, 0.1) is 45.8 Å². The number of aromatic hydroxyl groups is 1. The lowest BCUT2D eigenvalue weighted by atomic mass is 9.91. The summed E-state index contributed by atoms with van der Waals surface area (Å²) in [5.41, 5.74) is 14.8. The van der Waals surface area contributed by atoms with Crippen LogP contribution in [0.5, 0.6) is 23.3 Å². The Morgan fingerprint density at radius 3 is 2.41 bits per heavy atom. The number of piperazine rings is 1. The molecule has 20 heteroatoms. The average Bonchev–Trinajstić information content (AvgIpc) is 4.28. The minimum atomic E-state index is -0.860. The number of aromatic nitrogens is 6. The molecule has 19 nitrogen and oxygen atoms in total.